The van der Waals surface area contributed by atoms with Crippen LogP contribution in [0.15, 0.2) is 24.3 Å². The molecule has 0 aromatic heterocycles. The molecule has 1 aliphatic heterocycles. The number of hydrogen-bond acceptors (Lipinski definition) is 3. The molecule has 2 fully saturated rings. The van der Waals surface area contributed by atoms with Crippen LogP contribution in [-0.2, 0) is 16.0 Å². The van der Waals surface area contributed by atoms with Crippen molar-refractivity contribution in [2.24, 2.45) is 5.92 Å². The Labute approximate surface area is 149 Å². The fourth-order valence-electron chi connectivity index (χ4n) is 3.54. The number of amides is 2. The third-order valence-corrected chi connectivity index (χ3v) is 5.38. The van der Waals surface area contributed by atoms with E-state index in [1.54, 1.807) is 7.11 Å². The number of rotatable bonds is 5. The van der Waals surface area contributed by atoms with Crippen LogP contribution in [0.5, 0.6) is 5.75 Å². The number of nitrogens with zero attached hydrogens (tertiary/aromatic N) is 2. The van der Waals surface area contributed by atoms with Crippen LogP contribution in [0.3, 0.4) is 0 Å². The van der Waals surface area contributed by atoms with Crippen molar-refractivity contribution in [2.45, 2.75) is 38.5 Å². The second-order valence-corrected chi connectivity index (χ2v) is 7.04. The lowest BCUT2D eigenvalue weighted by Gasteiger charge is -2.31. The van der Waals surface area contributed by atoms with Crippen LogP contribution in [0, 0.1) is 5.92 Å². The SMILES string of the molecule is COc1cccc(CCC(=O)N2CCCN(C(=O)C3CCC3)CC2)c1. The van der Waals surface area contributed by atoms with E-state index in [1.165, 1.54) is 6.42 Å². The molecule has 1 heterocycles. The summed E-state index contributed by atoms with van der Waals surface area (Å²) in [6.45, 7) is 2.88. The summed E-state index contributed by atoms with van der Waals surface area (Å²) in [6, 6.07) is 7.87. The molecule has 0 N–H and O–H groups in total. The van der Waals surface area contributed by atoms with Gasteiger partial charge in [-0.2, -0.15) is 0 Å². The number of carbonyl (C=O) groups excluding carboxylic acids is 2. The predicted molar refractivity (Wildman–Crippen MR) is 96.4 cm³/mol. The second kappa shape index (κ2) is 8.37. The van der Waals surface area contributed by atoms with Crippen molar-refractivity contribution in [2.75, 3.05) is 33.3 Å². The van der Waals surface area contributed by atoms with Crippen molar-refractivity contribution in [1.82, 2.24) is 9.80 Å². The molecule has 0 atom stereocenters. The summed E-state index contributed by atoms with van der Waals surface area (Å²) in [5, 5.41) is 0. The third-order valence-electron chi connectivity index (χ3n) is 5.38. The zero-order valence-electron chi connectivity index (χ0n) is 15.1. The minimum Gasteiger partial charge on any atom is -0.497 e. The van der Waals surface area contributed by atoms with Crippen molar-refractivity contribution < 1.29 is 14.3 Å². The number of benzene rings is 1. The first-order valence-electron chi connectivity index (χ1n) is 9.37. The number of hydrogen-bond donors (Lipinski definition) is 0. The maximum Gasteiger partial charge on any atom is 0.225 e. The van der Waals surface area contributed by atoms with Crippen LogP contribution in [0.25, 0.3) is 0 Å². The number of methoxy groups -OCH3 is 1. The molecule has 0 unspecified atom stereocenters. The fraction of sp³-hybridized carbons (Fsp3) is 0.600. The fourth-order valence-corrected chi connectivity index (χ4v) is 3.54. The van der Waals surface area contributed by atoms with Crippen LogP contribution in [0.1, 0.15) is 37.7 Å². The first-order chi connectivity index (χ1) is 12.2. The van der Waals surface area contributed by atoms with Gasteiger partial charge in [-0.25, -0.2) is 0 Å². The minimum absolute atomic E-state index is 0.181. The van der Waals surface area contributed by atoms with Crippen molar-refractivity contribution in [3.8, 4) is 5.75 Å². The number of ether oxygens (including phenoxy) is 1. The van der Waals surface area contributed by atoms with E-state index in [4.69, 9.17) is 4.74 Å². The Balaban J connectivity index is 1.48. The van der Waals surface area contributed by atoms with E-state index in [1.807, 2.05) is 34.1 Å². The van der Waals surface area contributed by atoms with Gasteiger partial charge in [0, 0.05) is 38.5 Å². The Bertz CT molecular complexity index is 613. The van der Waals surface area contributed by atoms with Gasteiger partial charge in [0.15, 0.2) is 0 Å². The maximum absolute atomic E-state index is 12.5. The molecule has 0 bridgehead atoms. The molecular formula is C20H28N2O3. The van der Waals surface area contributed by atoms with Crippen molar-refractivity contribution in [3.05, 3.63) is 29.8 Å². The number of aryl methyl sites for hydroxylation is 1. The predicted octanol–water partition coefficient (Wildman–Crippen LogP) is 2.49. The highest BCUT2D eigenvalue weighted by Gasteiger charge is 2.30. The molecule has 136 valence electrons. The van der Waals surface area contributed by atoms with Crippen molar-refractivity contribution in [3.63, 3.8) is 0 Å². The lowest BCUT2D eigenvalue weighted by molar-refractivity contribution is -0.138. The summed E-state index contributed by atoms with van der Waals surface area (Å²) >= 11 is 0. The largest absolute Gasteiger partial charge is 0.497 e. The van der Waals surface area contributed by atoms with Gasteiger partial charge >= 0.3 is 0 Å². The number of carbonyl (C=O) groups is 2. The summed E-state index contributed by atoms with van der Waals surface area (Å²) in [6.07, 6.45) is 5.36. The van der Waals surface area contributed by atoms with Crippen molar-refractivity contribution >= 4 is 11.8 Å². The molecule has 2 amide bonds. The Morgan fingerprint density at radius 2 is 1.84 bits per heavy atom. The molecule has 1 aromatic carbocycles. The van der Waals surface area contributed by atoms with E-state index >= 15 is 0 Å². The standard InChI is InChI=1S/C20H28N2O3/c1-25-18-8-2-5-16(15-18)9-10-19(23)21-11-4-12-22(14-13-21)20(24)17-6-3-7-17/h2,5,8,15,17H,3-4,6-7,9-14H2,1H3. The zero-order valence-corrected chi connectivity index (χ0v) is 15.1. The third kappa shape index (κ3) is 4.53. The molecule has 1 aliphatic carbocycles. The lowest BCUT2D eigenvalue weighted by Crippen LogP contribution is -2.41. The van der Waals surface area contributed by atoms with Crippen LogP contribution >= 0.6 is 0 Å². The molecule has 5 nitrogen and oxygen atoms in total. The molecule has 1 saturated heterocycles. The van der Waals surface area contributed by atoms with E-state index < -0.39 is 0 Å². The monoisotopic (exact) mass is 344 g/mol. The zero-order chi connectivity index (χ0) is 17.6. The minimum atomic E-state index is 0.181. The average Bonchev–Trinajstić information content (AvgIpc) is 2.84. The Morgan fingerprint density at radius 1 is 1.08 bits per heavy atom. The molecule has 0 spiro atoms. The van der Waals surface area contributed by atoms with Gasteiger partial charge in [-0.3, -0.25) is 9.59 Å². The van der Waals surface area contributed by atoms with Gasteiger partial charge < -0.3 is 14.5 Å². The van der Waals surface area contributed by atoms with Gasteiger partial charge in [0.1, 0.15) is 5.75 Å². The Hall–Kier alpha value is -2.04. The summed E-state index contributed by atoms with van der Waals surface area (Å²) in [5.74, 6) is 1.55. The highest BCUT2D eigenvalue weighted by Crippen LogP contribution is 2.28. The van der Waals surface area contributed by atoms with Gasteiger partial charge in [0.05, 0.1) is 7.11 Å². The van der Waals surface area contributed by atoms with Crippen LogP contribution < -0.4 is 4.74 Å². The Kier molecular flexibility index (Phi) is 5.95. The summed E-state index contributed by atoms with van der Waals surface area (Å²) in [5.41, 5.74) is 1.12. The van der Waals surface area contributed by atoms with E-state index in [2.05, 4.69) is 0 Å². The molecule has 3 rings (SSSR count). The molecular weight excluding hydrogens is 316 g/mol. The maximum atomic E-state index is 12.5. The van der Waals surface area contributed by atoms with Gasteiger partial charge in [0.2, 0.25) is 11.8 Å². The van der Waals surface area contributed by atoms with E-state index in [0.29, 0.717) is 25.4 Å². The molecule has 5 heteroatoms. The van der Waals surface area contributed by atoms with Crippen LogP contribution in [0.2, 0.25) is 0 Å². The average molecular weight is 344 g/mol. The Morgan fingerprint density at radius 3 is 2.56 bits per heavy atom. The molecule has 25 heavy (non-hydrogen) atoms. The van der Waals surface area contributed by atoms with Gasteiger partial charge in [-0.05, 0) is 43.4 Å². The quantitative estimate of drug-likeness (QED) is 0.825. The van der Waals surface area contributed by atoms with E-state index in [0.717, 1.165) is 50.1 Å². The van der Waals surface area contributed by atoms with Gasteiger partial charge in [0.25, 0.3) is 0 Å². The second-order valence-electron chi connectivity index (χ2n) is 7.04. The van der Waals surface area contributed by atoms with Gasteiger partial charge in [-0.15, -0.1) is 0 Å². The smallest absolute Gasteiger partial charge is 0.225 e. The first-order valence-corrected chi connectivity index (χ1v) is 9.37. The molecule has 2 aliphatic rings. The van der Waals surface area contributed by atoms with Crippen LogP contribution in [-0.4, -0.2) is 54.9 Å². The summed E-state index contributed by atoms with van der Waals surface area (Å²) in [7, 11) is 1.65. The highest BCUT2D eigenvalue weighted by atomic mass is 16.5. The molecule has 1 saturated carbocycles. The van der Waals surface area contributed by atoms with E-state index in [9.17, 15) is 9.59 Å². The summed E-state index contributed by atoms with van der Waals surface area (Å²) in [4.78, 5) is 28.8. The first kappa shape index (κ1) is 17.8. The molecule has 1 aromatic rings. The van der Waals surface area contributed by atoms with Crippen molar-refractivity contribution in [1.29, 1.82) is 0 Å². The van der Waals surface area contributed by atoms with Crippen LogP contribution in [0.4, 0.5) is 0 Å². The van der Waals surface area contributed by atoms with Gasteiger partial charge in [-0.1, -0.05) is 18.6 Å². The normalized spacial score (nSPS) is 18.4. The summed E-state index contributed by atoms with van der Waals surface area (Å²) < 4.78 is 5.23. The molecule has 0 radical (unpaired) electrons. The lowest BCUT2D eigenvalue weighted by atomic mass is 9.84. The highest BCUT2D eigenvalue weighted by molar-refractivity contribution is 5.80. The topological polar surface area (TPSA) is 49.9 Å². The van der Waals surface area contributed by atoms with E-state index in [-0.39, 0.29) is 11.8 Å².